The number of methoxy groups -OCH3 is 1. The molecule has 4 aromatic rings. The van der Waals surface area contributed by atoms with Crippen LogP contribution in [0.25, 0.3) is 16.9 Å². The number of amides is 1. The molecule has 3 heterocycles. The first kappa shape index (κ1) is 16.7. The van der Waals surface area contributed by atoms with Gasteiger partial charge in [0.15, 0.2) is 5.65 Å². The first-order valence-electron chi connectivity index (χ1n) is 8.39. The van der Waals surface area contributed by atoms with Gasteiger partial charge < -0.3 is 10.1 Å². The molecule has 0 unspecified atom stereocenters. The first-order valence-corrected chi connectivity index (χ1v) is 8.39. The largest absolute Gasteiger partial charge is 0.497 e. The molecule has 7 heteroatoms. The lowest BCUT2D eigenvalue weighted by molar-refractivity contribution is 0.0950. The molecular formula is C20H17N5O2. The van der Waals surface area contributed by atoms with Gasteiger partial charge in [-0.15, -0.1) is 0 Å². The van der Waals surface area contributed by atoms with Crippen LogP contribution in [0.2, 0.25) is 0 Å². The number of fused-ring (bicyclic) bond motifs is 1. The second-order valence-electron chi connectivity index (χ2n) is 5.92. The third-order valence-electron chi connectivity index (χ3n) is 4.18. The maximum Gasteiger partial charge on any atom is 0.253 e. The van der Waals surface area contributed by atoms with Crippen LogP contribution in [0.5, 0.6) is 5.75 Å². The zero-order chi connectivity index (χ0) is 18.6. The van der Waals surface area contributed by atoms with Crippen LogP contribution in [0.4, 0.5) is 0 Å². The van der Waals surface area contributed by atoms with Crippen molar-refractivity contribution in [3.8, 4) is 11.4 Å². The summed E-state index contributed by atoms with van der Waals surface area (Å²) in [4.78, 5) is 25.2. The van der Waals surface area contributed by atoms with E-state index >= 15 is 0 Å². The molecule has 0 aliphatic heterocycles. The Morgan fingerprint density at radius 3 is 2.74 bits per heavy atom. The van der Waals surface area contributed by atoms with Crippen molar-refractivity contribution in [1.82, 2.24) is 24.8 Å². The van der Waals surface area contributed by atoms with Crippen LogP contribution in [0, 0.1) is 0 Å². The number of nitrogens with zero attached hydrogens (tertiary/aromatic N) is 4. The highest BCUT2D eigenvalue weighted by molar-refractivity contribution is 5.96. The summed E-state index contributed by atoms with van der Waals surface area (Å²) in [6.07, 6.45) is 6.67. The molecule has 0 fully saturated rings. The predicted molar refractivity (Wildman–Crippen MR) is 101 cm³/mol. The summed E-state index contributed by atoms with van der Waals surface area (Å²) >= 11 is 0. The lowest BCUT2D eigenvalue weighted by Gasteiger charge is -2.06. The van der Waals surface area contributed by atoms with Crippen molar-refractivity contribution in [2.24, 2.45) is 0 Å². The standard InChI is InChI=1S/C20H17N5O2/c1-27-17-6-4-16(5-7-17)25-13-24-18-9-15(12-22-19(18)25)20(26)23-11-14-3-2-8-21-10-14/h2-10,12-13H,11H2,1H3,(H,23,26). The van der Waals surface area contributed by atoms with Crippen LogP contribution in [0.15, 0.2) is 67.4 Å². The van der Waals surface area contributed by atoms with Gasteiger partial charge in [0.1, 0.15) is 17.6 Å². The topological polar surface area (TPSA) is 81.9 Å². The van der Waals surface area contributed by atoms with E-state index in [1.165, 1.54) is 0 Å². The van der Waals surface area contributed by atoms with Crippen LogP contribution in [-0.4, -0.2) is 32.5 Å². The molecule has 1 N–H and O–H groups in total. The van der Waals surface area contributed by atoms with Crippen molar-refractivity contribution in [2.75, 3.05) is 7.11 Å². The number of imidazole rings is 1. The normalized spacial score (nSPS) is 10.7. The molecule has 0 saturated carbocycles. The van der Waals surface area contributed by atoms with Crippen molar-refractivity contribution in [3.63, 3.8) is 0 Å². The van der Waals surface area contributed by atoms with Crippen LogP contribution in [-0.2, 0) is 6.54 Å². The van der Waals surface area contributed by atoms with Gasteiger partial charge in [-0.25, -0.2) is 9.97 Å². The van der Waals surface area contributed by atoms with E-state index in [0.29, 0.717) is 23.3 Å². The molecule has 0 radical (unpaired) electrons. The van der Waals surface area contributed by atoms with Crippen molar-refractivity contribution < 1.29 is 9.53 Å². The van der Waals surface area contributed by atoms with Crippen LogP contribution >= 0.6 is 0 Å². The number of pyridine rings is 2. The molecule has 0 saturated heterocycles. The Labute approximate surface area is 155 Å². The van der Waals surface area contributed by atoms with Crippen molar-refractivity contribution >= 4 is 17.1 Å². The highest BCUT2D eigenvalue weighted by Crippen LogP contribution is 2.20. The number of benzene rings is 1. The minimum atomic E-state index is -0.202. The average Bonchev–Trinajstić information content (AvgIpc) is 3.16. The van der Waals surface area contributed by atoms with E-state index in [2.05, 4.69) is 20.3 Å². The molecular weight excluding hydrogens is 342 g/mol. The van der Waals surface area contributed by atoms with Gasteiger partial charge in [-0.3, -0.25) is 14.3 Å². The molecule has 3 aromatic heterocycles. The predicted octanol–water partition coefficient (Wildman–Crippen LogP) is 2.75. The van der Waals surface area contributed by atoms with E-state index in [1.54, 1.807) is 38.1 Å². The summed E-state index contributed by atoms with van der Waals surface area (Å²) in [5.74, 6) is 0.580. The molecule has 134 valence electrons. The zero-order valence-corrected chi connectivity index (χ0v) is 14.7. The number of hydrogen-bond donors (Lipinski definition) is 1. The van der Waals surface area contributed by atoms with E-state index in [1.807, 2.05) is 41.0 Å². The summed E-state index contributed by atoms with van der Waals surface area (Å²) in [5.41, 5.74) is 3.65. The average molecular weight is 359 g/mol. The van der Waals surface area contributed by atoms with Crippen LogP contribution in [0.3, 0.4) is 0 Å². The van der Waals surface area contributed by atoms with Crippen LogP contribution < -0.4 is 10.1 Å². The summed E-state index contributed by atoms with van der Waals surface area (Å²) in [7, 11) is 1.63. The van der Waals surface area contributed by atoms with Gasteiger partial charge in [0.25, 0.3) is 5.91 Å². The van der Waals surface area contributed by atoms with Gasteiger partial charge in [-0.1, -0.05) is 6.07 Å². The van der Waals surface area contributed by atoms with E-state index in [-0.39, 0.29) is 5.91 Å². The van der Waals surface area contributed by atoms with E-state index in [4.69, 9.17) is 4.74 Å². The SMILES string of the molecule is COc1ccc(-n2cnc3cc(C(=O)NCc4cccnc4)cnc32)cc1. The quantitative estimate of drug-likeness (QED) is 0.592. The first-order chi connectivity index (χ1) is 13.2. The molecule has 0 aliphatic rings. The second-order valence-corrected chi connectivity index (χ2v) is 5.92. The van der Waals surface area contributed by atoms with Gasteiger partial charge >= 0.3 is 0 Å². The number of rotatable bonds is 5. The van der Waals surface area contributed by atoms with E-state index < -0.39 is 0 Å². The molecule has 27 heavy (non-hydrogen) atoms. The van der Waals surface area contributed by atoms with E-state index in [0.717, 1.165) is 17.0 Å². The number of hydrogen-bond acceptors (Lipinski definition) is 5. The molecule has 4 rings (SSSR count). The third kappa shape index (κ3) is 3.48. The maximum atomic E-state index is 12.4. The van der Waals surface area contributed by atoms with E-state index in [9.17, 15) is 4.79 Å². The van der Waals surface area contributed by atoms with Crippen molar-refractivity contribution in [3.05, 3.63) is 78.5 Å². The molecule has 1 amide bonds. The van der Waals surface area contributed by atoms with Crippen molar-refractivity contribution in [2.45, 2.75) is 6.54 Å². The Kier molecular flexibility index (Phi) is 4.49. The van der Waals surface area contributed by atoms with Gasteiger partial charge in [0, 0.05) is 30.8 Å². The minimum absolute atomic E-state index is 0.202. The fourth-order valence-corrected chi connectivity index (χ4v) is 2.74. The third-order valence-corrected chi connectivity index (χ3v) is 4.18. The summed E-state index contributed by atoms with van der Waals surface area (Å²) in [6.45, 7) is 0.408. The molecule has 0 aliphatic carbocycles. The Morgan fingerprint density at radius 2 is 2.00 bits per heavy atom. The van der Waals surface area contributed by atoms with Gasteiger partial charge in [0.05, 0.1) is 12.7 Å². The van der Waals surface area contributed by atoms with Crippen LogP contribution in [0.1, 0.15) is 15.9 Å². The fraction of sp³-hybridized carbons (Fsp3) is 0.100. The molecule has 0 bridgehead atoms. The lowest BCUT2D eigenvalue weighted by Crippen LogP contribution is -2.23. The Hall–Kier alpha value is -3.74. The number of carbonyl (C=O) groups excluding carboxylic acids is 1. The molecule has 0 spiro atoms. The smallest absolute Gasteiger partial charge is 0.253 e. The number of aromatic nitrogens is 4. The van der Waals surface area contributed by atoms with Gasteiger partial charge in [-0.05, 0) is 42.0 Å². The highest BCUT2D eigenvalue weighted by atomic mass is 16.5. The zero-order valence-electron chi connectivity index (χ0n) is 14.7. The summed E-state index contributed by atoms with van der Waals surface area (Å²) < 4.78 is 7.05. The second kappa shape index (κ2) is 7.25. The minimum Gasteiger partial charge on any atom is -0.497 e. The monoisotopic (exact) mass is 359 g/mol. The molecule has 0 atom stereocenters. The summed E-state index contributed by atoms with van der Waals surface area (Å²) in [5, 5.41) is 2.86. The molecule has 7 nitrogen and oxygen atoms in total. The Morgan fingerprint density at radius 1 is 1.15 bits per heavy atom. The maximum absolute atomic E-state index is 12.4. The van der Waals surface area contributed by atoms with Gasteiger partial charge in [-0.2, -0.15) is 0 Å². The van der Waals surface area contributed by atoms with Gasteiger partial charge in [0.2, 0.25) is 0 Å². The Balaban J connectivity index is 1.55. The number of nitrogens with one attached hydrogen (secondary N) is 1. The Bertz CT molecular complexity index is 1070. The fourth-order valence-electron chi connectivity index (χ4n) is 2.74. The number of ether oxygens (including phenoxy) is 1. The highest BCUT2D eigenvalue weighted by Gasteiger charge is 2.11. The lowest BCUT2D eigenvalue weighted by atomic mass is 10.2. The van der Waals surface area contributed by atoms with Crippen molar-refractivity contribution in [1.29, 1.82) is 0 Å². The number of carbonyl (C=O) groups is 1. The molecule has 1 aromatic carbocycles. The summed E-state index contributed by atoms with van der Waals surface area (Å²) in [6, 6.07) is 13.1.